The van der Waals surface area contributed by atoms with E-state index in [1.54, 1.807) is 36.2 Å². The number of hydrogen-bond acceptors (Lipinski definition) is 2. The number of methoxy groups -OCH3 is 2. The quantitative estimate of drug-likeness (QED) is 0.789. The van der Waals surface area contributed by atoms with Crippen molar-refractivity contribution in [3.63, 3.8) is 0 Å². The molecule has 1 aliphatic heterocycles. The van der Waals surface area contributed by atoms with Crippen molar-refractivity contribution in [2.24, 2.45) is 0 Å². The smallest absolute Gasteiger partial charge is 0.161 e. The van der Waals surface area contributed by atoms with Crippen LogP contribution in [0, 0.1) is 5.82 Å². The molecule has 134 valence electrons. The van der Waals surface area contributed by atoms with E-state index in [0.29, 0.717) is 0 Å². The van der Waals surface area contributed by atoms with E-state index in [9.17, 15) is 4.39 Å². The molecule has 2 aromatic carbocycles. The summed E-state index contributed by atoms with van der Waals surface area (Å²) in [6.07, 6.45) is 0. The molecule has 1 heterocycles. The minimum Gasteiger partial charge on any atom is -0.493 e. The SMILES string of the molecule is COc1ccc(C[NH+]2CC[NH+](Cc3ccc(F)cc3)CC2)cc1OC. The highest BCUT2D eigenvalue weighted by atomic mass is 19.1. The van der Waals surface area contributed by atoms with Gasteiger partial charge in [-0.2, -0.15) is 0 Å². The van der Waals surface area contributed by atoms with Gasteiger partial charge in [0.05, 0.1) is 14.2 Å². The first kappa shape index (κ1) is 17.7. The molecular formula is C20H27FN2O2+2. The molecule has 2 N–H and O–H groups in total. The average Bonchev–Trinajstić information content (AvgIpc) is 2.65. The van der Waals surface area contributed by atoms with E-state index < -0.39 is 0 Å². The number of piperazine rings is 1. The van der Waals surface area contributed by atoms with Gasteiger partial charge in [0.2, 0.25) is 0 Å². The third-order valence-corrected chi connectivity index (χ3v) is 4.93. The van der Waals surface area contributed by atoms with Gasteiger partial charge in [-0.3, -0.25) is 0 Å². The lowest BCUT2D eigenvalue weighted by molar-refractivity contribution is -1.02. The normalized spacial score (nSPS) is 20.3. The average molecular weight is 346 g/mol. The molecular weight excluding hydrogens is 319 g/mol. The Hall–Kier alpha value is -2.11. The fraction of sp³-hybridized carbons (Fsp3) is 0.400. The minimum absolute atomic E-state index is 0.164. The van der Waals surface area contributed by atoms with Crippen LogP contribution in [0.2, 0.25) is 0 Å². The van der Waals surface area contributed by atoms with Crippen molar-refractivity contribution in [2.45, 2.75) is 13.1 Å². The fourth-order valence-electron chi connectivity index (χ4n) is 3.48. The van der Waals surface area contributed by atoms with Crippen LogP contribution in [0.4, 0.5) is 4.39 Å². The van der Waals surface area contributed by atoms with E-state index >= 15 is 0 Å². The van der Waals surface area contributed by atoms with E-state index in [2.05, 4.69) is 12.1 Å². The van der Waals surface area contributed by atoms with E-state index in [-0.39, 0.29) is 5.82 Å². The van der Waals surface area contributed by atoms with Crippen LogP contribution in [-0.2, 0) is 13.1 Å². The second kappa shape index (κ2) is 8.32. The van der Waals surface area contributed by atoms with Gasteiger partial charge in [-0.1, -0.05) is 12.1 Å². The molecule has 1 fully saturated rings. The summed E-state index contributed by atoms with van der Waals surface area (Å²) in [6.45, 7) is 6.55. The molecule has 0 unspecified atom stereocenters. The maximum atomic E-state index is 13.0. The topological polar surface area (TPSA) is 27.3 Å². The van der Waals surface area contributed by atoms with Gasteiger partial charge in [0.1, 0.15) is 45.1 Å². The number of rotatable bonds is 6. The standard InChI is InChI=1S/C20H25FN2O2/c1-24-19-8-5-17(13-20(19)25-2)15-23-11-9-22(10-12-23)14-16-3-6-18(21)7-4-16/h3-8,13H,9-12,14-15H2,1-2H3/p+2. The van der Waals surface area contributed by atoms with Crippen LogP contribution < -0.4 is 19.3 Å². The number of ether oxygens (including phenoxy) is 2. The molecule has 0 bridgehead atoms. The Morgan fingerprint density at radius 1 is 0.760 bits per heavy atom. The Kier molecular flexibility index (Phi) is 5.89. The van der Waals surface area contributed by atoms with Crippen LogP contribution in [0.15, 0.2) is 42.5 Å². The molecule has 0 aliphatic carbocycles. The van der Waals surface area contributed by atoms with Crippen molar-refractivity contribution in [1.82, 2.24) is 0 Å². The third-order valence-electron chi connectivity index (χ3n) is 4.93. The monoisotopic (exact) mass is 346 g/mol. The van der Waals surface area contributed by atoms with E-state index in [0.717, 1.165) is 50.8 Å². The van der Waals surface area contributed by atoms with Gasteiger partial charge >= 0.3 is 0 Å². The molecule has 1 aliphatic rings. The lowest BCUT2D eigenvalue weighted by Gasteiger charge is -2.30. The summed E-state index contributed by atoms with van der Waals surface area (Å²) in [5, 5.41) is 0. The first-order valence-corrected chi connectivity index (χ1v) is 8.80. The van der Waals surface area contributed by atoms with E-state index in [1.165, 1.54) is 11.1 Å². The Balaban J connectivity index is 1.51. The molecule has 25 heavy (non-hydrogen) atoms. The van der Waals surface area contributed by atoms with E-state index in [1.807, 2.05) is 18.2 Å². The second-order valence-electron chi connectivity index (χ2n) is 6.67. The summed E-state index contributed by atoms with van der Waals surface area (Å²) in [5.74, 6) is 1.40. The van der Waals surface area contributed by atoms with Gasteiger partial charge in [-0.15, -0.1) is 0 Å². The molecule has 4 nitrogen and oxygen atoms in total. The number of halogens is 1. The van der Waals surface area contributed by atoms with Crippen molar-refractivity contribution in [3.05, 3.63) is 59.4 Å². The number of nitrogens with one attached hydrogen (secondary N) is 2. The number of hydrogen-bond donors (Lipinski definition) is 2. The number of benzene rings is 2. The van der Waals surface area contributed by atoms with E-state index in [4.69, 9.17) is 9.47 Å². The first-order chi connectivity index (χ1) is 12.2. The van der Waals surface area contributed by atoms with Crippen molar-refractivity contribution in [1.29, 1.82) is 0 Å². The van der Waals surface area contributed by atoms with Gasteiger partial charge in [0.25, 0.3) is 0 Å². The number of quaternary nitrogens is 2. The maximum absolute atomic E-state index is 13.0. The molecule has 0 amide bonds. The Morgan fingerprint density at radius 3 is 1.84 bits per heavy atom. The van der Waals surface area contributed by atoms with Crippen LogP contribution in [0.25, 0.3) is 0 Å². The zero-order valence-electron chi connectivity index (χ0n) is 15.0. The highest BCUT2D eigenvalue weighted by Gasteiger charge is 2.23. The molecule has 2 aromatic rings. The molecule has 5 heteroatoms. The third kappa shape index (κ3) is 4.71. The van der Waals surface area contributed by atoms with Gasteiger partial charge in [0, 0.05) is 11.1 Å². The van der Waals surface area contributed by atoms with Crippen molar-refractivity contribution < 1.29 is 23.7 Å². The zero-order chi connectivity index (χ0) is 17.6. The maximum Gasteiger partial charge on any atom is 0.161 e. The largest absolute Gasteiger partial charge is 0.493 e. The van der Waals surface area contributed by atoms with Crippen LogP contribution in [0.5, 0.6) is 11.5 Å². The highest BCUT2D eigenvalue weighted by molar-refractivity contribution is 5.42. The second-order valence-corrected chi connectivity index (χ2v) is 6.67. The summed E-state index contributed by atoms with van der Waals surface area (Å²) in [6, 6.07) is 13.1. The summed E-state index contributed by atoms with van der Waals surface area (Å²) in [7, 11) is 3.33. The minimum atomic E-state index is -0.164. The summed E-state index contributed by atoms with van der Waals surface area (Å²) < 4.78 is 23.7. The van der Waals surface area contributed by atoms with Gasteiger partial charge in [-0.05, 0) is 30.3 Å². The molecule has 3 rings (SSSR count). The van der Waals surface area contributed by atoms with Gasteiger partial charge in [0.15, 0.2) is 11.5 Å². The molecule has 1 saturated heterocycles. The lowest BCUT2D eigenvalue weighted by Crippen LogP contribution is -3.27. The van der Waals surface area contributed by atoms with Gasteiger partial charge < -0.3 is 19.3 Å². The van der Waals surface area contributed by atoms with Crippen LogP contribution in [0.1, 0.15) is 11.1 Å². The van der Waals surface area contributed by atoms with Crippen LogP contribution in [0.3, 0.4) is 0 Å². The summed E-state index contributed by atoms with van der Waals surface area (Å²) >= 11 is 0. The summed E-state index contributed by atoms with van der Waals surface area (Å²) in [4.78, 5) is 3.16. The zero-order valence-corrected chi connectivity index (χ0v) is 15.0. The Bertz CT molecular complexity index is 683. The summed E-state index contributed by atoms with van der Waals surface area (Å²) in [5.41, 5.74) is 2.48. The predicted molar refractivity (Wildman–Crippen MR) is 94.7 cm³/mol. The van der Waals surface area contributed by atoms with Gasteiger partial charge in [-0.25, -0.2) is 4.39 Å². The molecule has 0 atom stereocenters. The molecule has 0 spiro atoms. The molecule has 0 saturated carbocycles. The lowest BCUT2D eigenvalue weighted by atomic mass is 10.1. The molecule has 0 aromatic heterocycles. The van der Waals surface area contributed by atoms with Crippen LogP contribution >= 0.6 is 0 Å². The van der Waals surface area contributed by atoms with Crippen molar-refractivity contribution >= 4 is 0 Å². The first-order valence-electron chi connectivity index (χ1n) is 8.80. The highest BCUT2D eigenvalue weighted by Crippen LogP contribution is 2.27. The predicted octanol–water partition coefficient (Wildman–Crippen LogP) is 0.327. The fourth-order valence-corrected chi connectivity index (χ4v) is 3.48. The molecule has 0 radical (unpaired) electrons. The van der Waals surface area contributed by atoms with Crippen molar-refractivity contribution in [3.8, 4) is 11.5 Å². The Labute approximate surface area is 148 Å². The van der Waals surface area contributed by atoms with Crippen molar-refractivity contribution in [2.75, 3.05) is 40.4 Å². The Morgan fingerprint density at radius 2 is 1.28 bits per heavy atom. The van der Waals surface area contributed by atoms with Crippen LogP contribution in [-0.4, -0.2) is 40.4 Å².